The number of aromatic nitrogens is 5. The lowest BCUT2D eigenvalue weighted by atomic mass is 10.2. The molecule has 9 heteroatoms. The lowest BCUT2D eigenvalue weighted by molar-refractivity contribution is -0.139. The molecule has 0 bridgehead atoms. The second-order valence-electron chi connectivity index (χ2n) is 5.01. The van der Waals surface area contributed by atoms with Crippen LogP contribution in [-0.2, 0) is 16.1 Å². The van der Waals surface area contributed by atoms with Crippen LogP contribution in [0.15, 0.2) is 35.6 Å². The molecule has 7 nitrogen and oxygen atoms in total. The van der Waals surface area contributed by atoms with E-state index in [0.717, 1.165) is 5.56 Å². The van der Waals surface area contributed by atoms with Crippen molar-refractivity contribution in [3.8, 4) is 0 Å². The molecule has 0 spiro atoms. The number of thioether (sulfide) groups is 1. The molecule has 3 rings (SSSR count). The highest BCUT2D eigenvalue weighted by Crippen LogP contribution is 2.27. The number of carbonyl (C=O) groups is 1. The molecule has 124 valence electrons. The average molecular weight is 347 g/mol. The van der Waals surface area contributed by atoms with Crippen molar-refractivity contribution in [2.24, 2.45) is 0 Å². The van der Waals surface area contributed by atoms with E-state index in [1.165, 1.54) is 37.3 Å². The molecule has 0 unspecified atom stereocenters. The molecule has 0 N–H and O–H groups in total. The average Bonchev–Trinajstić information content (AvgIpc) is 3.00. The van der Waals surface area contributed by atoms with E-state index in [0.29, 0.717) is 22.7 Å². The van der Waals surface area contributed by atoms with Crippen molar-refractivity contribution in [3.63, 3.8) is 0 Å². The molecule has 2 aromatic heterocycles. The largest absolute Gasteiger partial charge is 0.468 e. The highest BCUT2D eigenvalue weighted by molar-refractivity contribution is 8.00. The summed E-state index contributed by atoms with van der Waals surface area (Å²) in [4.78, 5) is 20.0. The van der Waals surface area contributed by atoms with Crippen LogP contribution in [0.4, 0.5) is 4.39 Å². The van der Waals surface area contributed by atoms with Crippen LogP contribution >= 0.6 is 11.8 Å². The first-order valence-corrected chi connectivity index (χ1v) is 7.99. The van der Waals surface area contributed by atoms with Crippen LogP contribution in [0.3, 0.4) is 0 Å². The third-order valence-electron chi connectivity index (χ3n) is 3.33. The lowest BCUT2D eigenvalue weighted by Gasteiger charge is -2.07. The van der Waals surface area contributed by atoms with Crippen molar-refractivity contribution < 1.29 is 13.9 Å². The Kier molecular flexibility index (Phi) is 4.70. The second-order valence-corrected chi connectivity index (χ2v) is 6.34. The quantitative estimate of drug-likeness (QED) is 0.397. The third kappa shape index (κ3) is 3.35. The van der Waals surface area contributed by atoms with Crippen LogP contribution in [0.1, 0.15) is 12.5 Å². The molecule has 24 heavy (non-hydrogen) atoms. The van der Waals surface area contributed by atoms with E-state index < -0.39 is 5.25 Å². The van der Waals surface area contributed by atoms with Crippen molar-refractivity contribution in [3.05, 3.63) is 42.0 Å². The summed E-state index contributed by atoms with van der Waals surface area (Å²) in [7, 11) is 1.34. The molecule has 0 fully saturated rings. The number of fused-ring (bicyclic) bond motifs is 1. The fourth-order valence-electron chi connectivity index (χ4n) is 2.11. The molecule has 1 aromatic carbocycles. The van der Waals surface area contributed by atoms with Crippen LogP contribution in [0.25, 0.3) is 11.2 Å². The molecular weight excluding hydrogens is 333 g/mol. The predicted molar refractivity (Wildman–Crippen MR) is 86.0 cm³/mol. The second kappa shape index (κ2) is 6.91. The molecule has 0 saturated carbocycles. The number of benzene rings is 1. The molecule has 0 aliphatic rings. The molecule has 1 atom stereocenters. The van der Waals surface area contributed by atoms with Gasteiger partial charge in [0.05, 0.1) is 13.7 Å². The minimum absolute atomic E-state index is 0.292. The third-order valence-corrected chi connectivity index (χ3v) is 4.40. The summed E-state index contributed by atoms with van der Waals surface area (Å²) >= 11 is 1.24. The van der Waals surface area contributed by atoms with Crippen molar-refractivity contribution in [1.29, 1.82) is 0 Å². The first-order chi connectivity index (χ1) is 11.6. The Morgan fingerprint density at radius 3 is 2.79 bits per heavy atom. The molecule has 0 aliphatic heterocycles. The van der Waals surface area contributed by atoms with E-state index in [9.17, 15) is 9.18 Å². The van der Waals surface area contributed by atoms with E-state index in [1.54, 1.807) is 23.7 Å². The maximum Gasteiger partial charge on any atom is 0.318 e. The standard InChI is InChI=1S/C15H14FN5O2S/c1-9(15(22)23-2)24-14-12-13(17-8-18-14)21(20-19-12)7-10-3-5-11(16)6-4-10/h3-6,8-9H,7H2,1-2H3/t9-/m1/s1. The van der Waals surface area contributed by atoms with Gasteiger partial charge in [0.25, 0.3) is 0 Å². The molecule has 0 saturated heterocycles. The number of rotatable bonds is 5. The normalized spacial score (nSPS) is 12.3. The Morgan fingerprint density at radius 1 is 1.33 bits per heavy atom. The topological polar surface area (TPSA) is 82.8 Å². The maximum absolute atomic E-state index is 13.0. The van der Waals surface area contributed by atoms with Gasteiger partial charge in [-0.3, -0.25) is 4.79 Å². The molecule has 0 aliphatic carbocycles. The van der Waals surface area contributed by atoms with Crippen molar-refractivity contribution in [2.75, 3.05) is 7.11 Å². The minimum Gasteiger partial charge on any atom is -0.468 e. The van der Waals surface area contributed by atoms with Gasteiger partial charge in [-0.15, -0.1) is 5.10 Å². The van der Waals surface area contributed by atoms with Crippen LogP contribution in [0.2, 0.25) is 0 Å². The fraction of sp³-hybridized carbons (Fsp3) is 0.267. The highest BCUT2D eigenvalue weighted by atomic mass is 32.2. The van der Waals surface area contributed by atoms with Crippen molar-refractivity contribution in [1.82, 2.24) is 25.0 Å². The van der Waals surface area contributed by atoms with Gasteiger partial charge in [-0.1, -0.05) is 29.1 Å². The highest BCUT2D eigenvalue weighted by Gasteiger charge is 2.19. The van der Waals surface area contributed by atoms with Gasteiger partial charge >= 0.3 is 5.97 Å². The Morgan fingerprint density at radius 2 is 2.08 bits per heavy atom. The SMILES string of the molecule is COC(=O)[C@@H](C)Sc1ncnc2c1nnn2Cc1ccc(F)cc1. The van der Waals surface area contributed by atoms with Crippen LogP contribution in [0, 0.1) is 5.82 Å². The molecular formula is C15H14FN5O2S. The number of halogens is 1. The van der Waals surface area contributed by atoms with Gasteiger partial charge in [-0.25, -0.2) is 19.0 Å². The van der Waals surface area contributed by atoms with E-state index >= 15 is 0 Å². The number of hydrogen-bond donors (Lipinski definition) is 0. The summed E-state index contributed by atoms with van der Waals surface area (Å²) in [5.41, 5.74) is 1.94. The monoisotopic (exact) mass is 347 g/mol. The van der Waals surface area contributed by atoms with Crippen molar-refractivity contribution >= 4 is 28.9 Å². The minimum atomic E-state index is -0.421. The molecule has 0 amide bonds. The Hall–Kier alpha value is -2.55. The van der Waals surface area contributed by atoms with E-state index in [1.807, 2.05) is 0 Å². The Labute approximate surface area is 141 Å². The summed E-state index contributed by atoms with van der Waals surface area (Å²) in [5, 5.41) is 8.34. The number of methoxy groups -OCH3 is 1. The first-order valence-electron chi connectivity index (χ1n) is 7.11. The summed E-state index contributed by atoms with van der Waals surface area (Å²) in [6.07, 6.45) is 1.40. The van der Waals surface area contributed by atoms with Gasteiger partial charge in [-0.05, 0) is 24.6 Å². The fourth-order valence-corrected chi connectivity index (χ4v) is 2.99. The van der Waals surface area contributed by atoms with Crippen LogP contribution < -0.4 is 0 Å². The van der Waals surface area contributed by atoms with Gasteiger partial charge in [-0.2, -0.15) is 0 Å². The molecule has 3 aromatic rings. The zero-order chi connectivity index (χ0) is 17.1. The number of carbonyl (C=O) groups excluding carboxylic acids is 1. The van der Waals surface area contributed by atoms with Gasteiger partial charge in [0, 0.05) is 0 Å². The Bertz CT molecular complexity index is 868. The smallest absolute Gasteiger partial charge is 0.318 e. The summed E-state index contributed by atoms with van der Waals surface area (Å²) in [6, 6.07) is 6.14. The van der Waals surface area contributed by atoms with E-state index in [-0.39, 0.29) is 11.8 Å². The summed E-state index contributed by atoms with van der Waals surface area (Å²) < 4.78 is 19.3. The molecule has 2 heterocycles. The summed E-state index contributed by atoms with van der Waals surface area (Å²) in [6.45, 7) is 2.14. The first kappa shape index (κ1) is 16.3. The van der Waals surface area contributed by atoms with E-state index in [4.69, 9.17) is 4.74 Å². The van der Waals surface area contributed by atoms with Crippen LogP contribution in [0.5, 0.6) is 0 Å². The number of nitrogens with zero attached hydrogens (tertiary/aromatic N) is 5. The maximum atomic E-state index is 13.0. The zero-order valence-corrected chi connectivity index (χ0v) is 13.8. The summed E-state index contributed by atoms with van der Waals surface area (Å²) in [5.74, 6) is -0.634. The van der Waals surface area contributed by atoms with Gasteiger partial charge in [0.2, 0.25) is 0 Å². The van der Waals surface area contributed by atoms with Gasteiger partial charge in [0.15, 0.2) is 11.2 Å². The Balaban J connectivity index is 1.88. The van der Waals surface area contributed by atoms with Crippen LogP contribution in [-0.4, -0.2) is 43.3 Å². The predicted octanol–water partition coefficient (Wildman–Crippen LogP) is 2.06. The zero-order valence-electron chi connectivity index (χ0n) is 13.0. The number of ether oxygens (including phenoxy) is 1. The number of hydrogen-bond acceptors (Lipinski definition) is 7. The van der Waals surface area contributed by atoms with Crippen molar-refractivity contribution in [2.45, 2.75) is 23.7 Å². The molecule has 0 radical (unpaired) electrons. The lowest BCUT2D eigenvalue weighted by Crippen LogP contribution is -2.14. The van der Waals surface area contributed by atoms with E-state index in [2.05, 4.69) is 20.3 Å². The van der Waals surface area contributed by atoms with Gasteiger partial charge < -0.3 is 4.74 Å². The van der Waals surface area contributed by atoms with Gasteiger partial charge in [0.1, 0.15) is 22.4 Å². The number of esters is 1.